The molecule has 0 aliphatic heterocycles. The zero-order valence-corrected chi connectivity index (χ0v) is 14.8. The van der Waals surface area contributed by atoms with E-state index in [1.807, 2.05) is 36.4 Å². The fourth-order valence-corrected chi connectivity index (χ4v) is 5.58. The van der Waals surface area contributed by atoms with Crippen molar-refractivity contribution in [1.82, 2.24) is 9.97 Å². The highest BCUT2D eigenvalue weighted by molar-refractivity contribution is 8.02. The van der Waals surface area contributed by atoms with Crippen LogP contribution in [0.3, 0.4) is 0 Å². The molecule has 4 aromatic rings. The Kier molecular flexibility index (Phi) is 3.84. The van der Waals surface area contributed by atoms with Crippen LogP contribution in [0, 0.1) is 0 Å². The molecule has 23 heavy (non-hydrogen) atoms. The van der Waals surface area contributed by atoms with E-state index >= 15 is 0 Å². The molecule has 0 radical (unpaired) electrons. The third kappa shape index (κ3) is 2.87. The predicted molar refractivity (Wildman–Crippen MR) is 96.5 cm³/mol. The molecule has 2 heterocycles. The molecule has 0 fully saturated rings. The molecule has 4 rings (SSSR count). The molecule has 2 aromatic carbocycles. The van der Waals surface area contributed by atoms with Crippen LogP contribution in [-0.4, -0.2) is 24.2 Å². The molecule has 0 saturated carbocycles. The van der Waals surface area contributed by atoms with Gasteiger partial charge in [0.2, 0.25) is 0 Å². The first-order chi connectivity index (χ1) is 11.2. The molecule has 0 amide bonds. The minimum absolute atomic E-state index is 0.852. The number of fused-ring (bicyclic) bond motifs is 2. The Morgan fingerprint density at radius 2 is 1.26 bits per heavy atom. The van der Waals surface area contributed by atoms with Crippen molar-refractivity contribution in [1.29, 1.82) is 0 Å². The standard InChI is InChI=1S/C16H12N2O2S3/c1-19-9-3-5-11-13(7-9)21-15(17-11)23-16-18-12-6-4-10(20-2)8-14(12)22-16/h3-8H,1-2H3. The van der Waals surface area contributed by atoms with Crippen LogP contribution >= 0.6 is 34.4 Å². The minimum atomic E-state index is 0.852. The second-order valence-corrected chi connectivity index (χ2v) is 8.28. The lowest BCUT2D eigenvalue weighted by Gasteiger charge is -1.96. The summed E-state index contributed by atoms with van der Waals surface area (Å²) in [5.74, 6) is 1.70. The van der Waals surface area contributed by atoms with E-state index in [1.54, 1.807) is 48.7 Å². The van der Waals surface area contributed by atoms with E-state index in [9.17, 15) is 0 Å². The van der Waals surface area contributed by atoms with Gasteiger partial charge in [-0.1, -0.05) is 0 Å². The summed E-state index contributed by atoms with van der Waals surface area (Å²) in [6.45, 7) is 0. The van der Waals surface area contributed by atoms with E-state index in [-0.39, 0.29) is 0 Å². The Morgan fingerprint density at radius 1 is 0.783 bits per heavy atom. The largest absolute Gasteiger partial charge is 0.497 e. The number of hydrogen-bond donors (Lipinski definition) is 0. The van der Waals surface area contributed by atoms with Crippen LogP contribution in [0.25, 0.3) is 20.4 Å². The SMILES string of the molecule is COc1ccc2nc(Sc3nc4ccc(OC)cc4s3)sc2c1. The normalized spacial score (nSPS) is 11.2. The van der Waals surface area contributed by atoms with Gasteiger partial charge in [-0.25, -0.2) is 9.97 Å². The number of thiazole rings is 2. The van der Waals surface area contributed by atoms with Gasteiger partial charge in [0.15, 0.2) is 8.68 Å². The van der Waals surface area contributed by atoms with Crippen molar-refractivity contribution in [2.24, 2.45) is 0 Å². The monoisotopic (exact) mass is 360 g/mol. The summed E-state index contributed by atoms with van der Waals surface area (Å²) in [6, 6.07) is 11.9. The van der Waals surface area contributed by atoms with Crippen LogP contribution in [0.5, 0.6) is 11.5 Å². The van der Waals surface area contributed by atoms with Crippen LogP contribution in [0.4, 0.5) is 0 Å². The lowest BCUT2D eigenvalue weighted by atomic mass is 10.3. The molecule has 0 atom stereocenters. The third-order valence-electron chi connectivity index (χ3n) is 3.33. The van der Waals surface area contributed by atoms with Gasteiger partial charge in [0.05, 0.1) is 34.7 Å². The zero-order chi connectivity index (χ0) is 15.8. The predicted octanol–water partition coefficient (Wildman–Crippen LogP) is 5.07. The van der Waals surface area contributed by atoms with Crippen LogP contribution in [0.15, 0.2) is 45.1 Å². The summed E-state index contributed by atoms with van der Waals surface area (Å²) >= 11 is 4.91. The van der Waals surface area contributed by atoms with E-state index in [4.69, 9.17) is 9.47 Å². The number of aromatic nitrogens is 2. The summed E-state index contributed by atoms with van der Waals surface area (Å²) in [7, 11) is 3.35. The molecule has 0 bridgehead atoms. The average molecular weight is 360 g/mol. The molecule has 0 unspecified atom stereocenters. The first kappa shape index (κ1) is 14.7. The van der Waals surface area contributed by atoms with Crippen molar-refractivity contribution in [2.75, 3.05) is 14.2 Å². The lowest BCUT2D eigenvalue weighted by Crippen LogP contribution is -1.80. The summed E-state index contributed by atoms with van der Waals surface area (Å²) in [5, 5.41) is 0. The second kappa shape index (κ2) is 5.99. The Bertz CT molecular complexity index is 913. The Morgan fingerprint density at radius 3 is 1.70 bits per heavy atom. The highest BCUT2D eigenvalue weighted by Crippen LogP contribution is 2.39. The van der Waals surface area contributed by atoms with Crippen molar-refractivity contribution in [2.45, 2.75) is 8.68 Å². The number of nitrogens with zero attached hydrogens (tertiary/aromatic N) is 2. The molecular formula is C16H12N2O2S3. The zero-order valence-electron chi connectivity index (χ0n) is 12.4. The van der Waals surface area contributed by atoms with Gasteiger partial charge in [0, 0.05) is 0 Å². The first-order valence-corrected chi connectivity index (χ1v) is 9.27. The van der Waals surface area contributed by atoms with Gasteiger partial charge in [-0.15, -0.1) is 22.7 Å². The molecule has 0 aliphatic carbocycles. The summed E-state index contributed by atoms with van der Waals surface area (Å²) < 4.78 is 14.7. The highest BCUT2D eigenvalue weighted by atomic mass is 32.2. The fraction of sp³-hybridized carbons (Fsp3) is 0.125. The smallest absolute Gasteiger partial charge is 0.158 e. The van der Waals surface area contributed by atoms with Crippen molar-refractivity contribution < 1.29 is 9.47 Å². The van der Waals surface area contributed by atoms with Crippen molar-refractivity contribution in [3.63, 3.8) is 0 Å². The molecular weight excluding hydrogens is 348 g/mol. The van der Waals surface area contributed by atoms with Crippen LogP contribution < -0.4 is 9.47 Å². The van der Waals surface area contributed by atoms with Crippen LogP contribution in [0.1, 0.15) is 0 Å². The molecule has 0 saturated heterocycles. The summed E-state index contributed by atoms with van der Waals surface area (Å²) in [5.41, 5.74) is 1.97. The summed E-state index contributed by atoms with van der Waals surface area (Å²) in [4.78, 5) is 9.31. The average Bonchev–Trinajstić information content (AvgIpc) is 3.15. The van der Waals surface area contributed by atoms with E-state index in [0.29, 0.717) is 0 Å². The van der Waals surface area contributed by atoms with Gasteiger partial charge in [0.25, 0.3) is 0 Å². The quantitative estimate of drug-likeness (QED) is 0.508. The minimum Gasteiger partial charge on any atom is -0.497 e. The number of hydrogen-bond acceptors (Lipinski definition) is 7. The topological polar surface area (TPSA) is 44.2 Å². The third-order valence-corrected chi connectivity index (χ3v) is 6.48. The van der Waals surface area contributed by atoms with E-state index in [1.165, 1.54) is 0 Å². The second-order valence-electron chi connectivity index (χ2n) is 4.73. The number of rotatable bonds is 4. The molecule has 116 valence electrons. The van der Waals surface area contributed by atoms with E-state index in [2.05, 4.69) is 9.97 Å². The van der Waals surface area contributed by atoms with Crippen molar-refractivity contribution in [3.05, 3.63) is 36.4 Å². The molecule has 7 heteroatoms. The van der Waals surface area contributed by atoms with Gasteiger partial charge < -0.3 is 9.47 Å². The van der Waals surface area contributed by atoms with Crippen LogP contribution in [-0.2, 0) is 0 Å². The molecule has 2 aromatic heterocycles. The summed E-state index contributed by atoms with van der Waals surface area (Å²) in [6.07, 6.45) is 0. The number of ether oxygens (including phenoxy) is 2. The maximum atomic E-state index is 5.26. The number of benzene rings is 2. The van der Waals surface area contributed by atoms with Crippen molar-refractivity contribution >= 4 is 54.9 Å². The maximum absolute atomic E-state index is 5.26. The van der Waals surface area contributed by atoms with Crippen molar-refractivity contribution in [3.8, 4) is 11.5 Å². The molecule has 0 N–H and O–H groups in total. The van der Waals surface area contributed by atoms with E-state index < -0.39 is 0 Å². The van der Waals surface area contributed by atoms with E-state index in [0.717, 1.165) is 40.6 Å². The maximum Gasteiger partial charge on any atom is 0.158 e. The van der Waals surface area contributed by atoms with Gasteiger partial charge in [0.1, 0.15) is 11.5 Å². The first-order valence-electron chi connectivity index (χ1n) is 6.82. The molecule has 0 aliphatic rings. The fourth-order valence-electron chi connectivity index (χ4n) is 2.18. The lowest BCUT2D eigenvalue weighted by molar-refractivity contribution is 0.415. The van der Waals surface area contributed by atoms with Gasteiger partial charge in [-0.05, 0) is 48.2 Å². The van der Waals surface area contributed by atoms with Crippen LogP contribution in [0.2, 0.25) is 0 Å². The van der Waals surface area contributed by atoms with Gasteiger partial charge in [-0.3, -0.25) is 0 Å². The molecule has 4 nitrogen and oxygen atoms in total. The number of methoxy groups -OCH3 is 2. The highest BCUT2D eigenvalue weighted by Gasteiger charge is 2.11. The van der Waals surface area contributed by atoms with Gasteiger partial charge in [-0.2, -0.15) is 0 Å². The Balaban J connectivity index is 1.66. The van der Waals surface area contributed by atoms with Gasteiger partial charge >= 0.3 is 0 Å². The molecule has 0 spiro atoms. The Hall–Kier alpha value is -1.83. The Labute approximate surface area is 145 Å².